The average molecular weight is 418 g/mol. The summed E-state index contributed by atoms with van der Waals surface area (Å²) < 4.78 is 28.4. The molecule has 0 spiro atoms. The maximum absolute atomic E-state index is 12.7. The second-order valence-corrected chi connectivity index (χ2v) is 8.32. The fraction of sp³-hybridized carbons (Fsp3) is 0.333. The van der Waals surface area contributed by atoms with Crippen LogP contribution in [0.15, 0.2) is 47.5 Å². The van der Waals surface area contributed by atoms with Crippen LogP contribution in [0.2, 0.25) is 0 Å². The molecule has 3 rings (SSSR count). The molecule has 11 heteroatoms. The summed E-state index contributed by atoms with van der Waals surface area (Å²) in [5.74, 6) is 0.578. The molecule has 154 valence electrons. The van der Waals surface area contributed by atoms with Gasteiger partial charge in [0.05, 0.1) is 15.9 Å². The Morgan fingerprint density at radius 2 is 1.93 bits per heavy atom. The smallest absolute Gasteiger partial charge is 0.293 e. The predicted octanol–water partition coefficient (Wildman–Crippen LogP) is 2.84. The summed E-state index contributed by atoms with van der Waals surface area (Å²) in [7, 11) is -3.80. The molecule has 2 heterocycles. The summed E-state index contributed by atoms with van der Waals surface area (Å²) in [6, 6.07) is 8.94. The van der Waals surface area contributed by atoms with Crippen LogP contribution < -0.4 is 5.32 Å². The van der Waals surface area contributed by atoms with Crippen LogP contribution in [0.1, 0.15) is 32.6 Å². The van der Waals surface area contributed by atoms with Crippen LogP contribution in [0.3, 0.4) is 0 Å². The van der Waals surface area contributed by atoms with E-state index in [0.717, 1.165) is 6.07 Å². The van der Waals surface area contributed by atoms with E-state index in [9.17, 15) is 18.5 Å². The van der Waals surface area contributed by atoms with Gasteiger partial charge < -0.3 is 5.32 Å². The number of pyridine rings is 1. The van der Waals surface area contributed by atoms with Gasteiger partial charge in [-0.3, -0.25) is 14.5 Å². The SMILES string of the molecule is CCN(CC)S(=O)(=O)c1ccc(NC(C)c2nnc3ccccn23)c([N+](=O)[O-])c1. The second-order valence-electron chi connectivity index (χ2n) is 6.38. The van der Waals surface area contributed by atoms with Crippen LogP contribution in [0.4, 0.5) is 11.4 Å². The van der Waals surface area contributed by atoms with Crippen LogP contribution in [-0.4, -0.2) is 45.3 Å². The lowest BCUT2D eigenvalue weighted by Crippen LogP contribution is -2.30. The Balaban J connectivity index is 1.97. The Bertz CT molecular complexity index is 1140. The van der Waals surface area contributed by atoms with Crippen molar-refractivity contribution in [3.63, 3.8) is 0 Å². The monoisotopic (exact) mass is 418 g/mol. The number of nitro groups is 1. The van der Waals surface area contributed by atoms with Crippen molar-refractivity contribution in [3.05, 3.63) is 58.5 Å². The fourth-order valence-electron chi connectivity index (χ4n) is 3.11. The van der Waals surface area contributed by atoms with E-state index in [2.05, 4.69) is 15.5 Å². The summed E-state index contributed by atoms with van der Waals surface area (Å²) in [4.78, 5) is 10.9. The lowest BCUT2D eigenvalue weighted by Gasteiger charge is -2.19. The first-order valence-electron chi connectivity index (χ1n) is 9.14. The number of nitro benzene ring substituents is 1. The molecule has 1 atom stereocenters. The molecule has 3 aromatic rings. The first kappa shape index (κ1) is 20.7. The molecule has 0 amide bonds. The van der Waals surface area contributed by atoms with E-state index in [1.54, 1.807) is 37.4 Å². The van der Waals surface area contributed by atoms with Crippen molar-refractivity contribution in [1.29, 1.82) is 0 Å². The third-order valence-corrected chi connectivity index (χ3v) is 6.65. The quantitative estimate of drug-likeness (QED) is 0.441. The molecule has 0 aliphatic carbocycles. The van der Waals surface area contributed by atoms with Crippen molar-refractivity contribution in [2.24, 2.45) is 0 Å². The molecule has 0 saturated heterocycles. The minimum atomic E-state index is -3.80. The maximum Gasteiger partial charge on any atom is 0.293 e. The van der Waals surface area contributed by atoms with Crippen molar-refractivity contribution < 1.29 is 13.3 Å². The maximum atomic E-state index is 12.7. The van der Waals surface area contributed by atoms with Gasteiger partial charge in [0, 0.05) is 25.4 Å². The van der Waals surface area contributed by atoms with Gasteiger partial charge in [-0.05, 0) is 31.2 Å². The number of sulfonamides is 1. The number of hydrogen-bond donors (Lipinski definition) is 1. The molecule has 10 nitrogen and oxygen atoms in total. The van der Waals surface area contributed by atoms with E-state index in [0.29, 0.717) is 11.5 Å². The van der Waals surface area contributed by atoms with Crippen molar-refractivity contribution in [2.45, 2.75) is 31.7 Å². The second kappa shape index (κ2) is 8.13. The number of aromatic nitrogens is 3. The molecule has 0 radical (unpaired) electrons. The summed E-state index contributed by atoms with van der Waals surface area (Å²) in [5.41, 5.74) is 0.541. The Morgan fingerprint density at radius 1 is 1.21 bits per heavy atom. The zero-order chi connectivity index (χ0) is 21.2. The van der Waals surface area contributed by atoms with Crippen molar-refractivity contribution >= 4 is 27.0 Å². The topological polar surface area (TPSA) is 123 Å². The van der Waals surface area contributed by atoms with Gasteiger partial charge in [-0.2, -0.15) is 4.31 Å². The van der Waals surface area contributed by atoms with Gasteiger partial charge in [0.2, 0.25) is 10.0 Å². The number of benzene rings is 1. The molecule has 0 aliphatic rings. The predicted molar refractivity (Wildman–Crippen MR) is 108 cm³/mol. The molecular weight excluding hydrogens is 396 g/mol. The fourth-order valence-corrected chi connectivity index (χ4v) is 4.59. The Kier molecular flexibility index (Phi) is 5.80. The first-order chi connectivity index (χ1) is 13.8. The number of nitrogens with zero attached hydrogens (tertiary/aromatic N) is 5. The van der Waals surface area contributed by atoms with Crippen LogP contribution >= 0.6 is 0 Å². The zero-order valence-electron chi connectivity index (χ0n) is 16.3. The van der Waals surface area contributed by atoms with Gasteiger partial charge in [0.25, 0.3) is 5.69 Å². The Morgan fingerprint density at radius 3 is 2.59 bits per heavy atom. The lowest BCUT2D eigenvalue weighted by molar-refractivity contribution is -0.384. The molecule has 29 heavy (non-hydrogen) atoms. The van der Waals surface area contributed by atoms with Gasteiger partial charge in [-0.1, -0.05) is 19.9 Å². The molecule has 0 bridgehead atoms. The summed E-state index contributed by atoms with van der Waals surface area (Å²) >= 11 is 0. The Hall–Kier alpha value is -3.05. The van der Waals surface area contributed by atoms with Crippen molar-refractivity contribution in [1.82, 2.24) is 18.9 Å². The number of rotatable bonds is 8. The highest BCUT2D eigenvalue weighted by Gasteiger charge is 2.26. The summed E-state index contributed by atoms with van der Waals surface area (Å²) in [5, 5.41) is 22.9. The summed E-state index contributed by atoms with van der Waals surface area (Å²) in [6.07, 6.45) is 1.80. The van der Waals surface area contributed by atoms with Crippen LogP contribution in [0, 0.1) is 10.1 Å². The number of nitrogens with one attached hydrogen (secondary N) is 1. The van der Waals surface area contributed by atoms with E-state index < -0.39 is 21.0 Å². The van der Waals surface area contributed by atoms with Crippen molar-refractivity contribution in [2.75, 3.05) is 18.4 Å². The molecule has 2 aromatic heterocycles. The number of fused-ring (bicyclic) bond motifs is 1. The third-order valence-electron chi connectivity index (χ3n) is 4.61. The molecule has 1 N–H and O–H groups in total. The standard InChI is InChI=1S/C18H22N6O4S/c1-4-22(5-2)29(27,28)14-9-10-15(16(12-14)24(25)26)19-13(3)18-21-20-17-8-6-7-11-23(17)18/h6-13,19H,4-5H2,1-3H3. The summed E-state index contributed by atoms with van der Waals surface area (Å²) in [6.45, 7) is 5.80. The van der Waals surface area contributed by atoms with E-state index in [1.807, 2.05) is 12.1 Å². The van der Waals surface area contributed by atoms with Gasteiger partial charge >= 0.3 is 0 Å². The highest BCUT2D eigenvalue weighted by Crippen LogP contribution is 2.31. The van der Waals surface area contributed by atoms with E-state index in [1.165, 1.54) is 16.4 Å². The van der Waals surface area contributed by atoms with Crippen molar-refractivity contribution in [3.8, 4) is 0 Å². The Labute approximate surface area is 168 Å². The molecule has 0 saturated carbocycles. The van der Waals surface area contributed by atoms with Gasteiger partial charge in [0.15, 0.2) is 11.5 Å². The van der Waals surface area contributed by atoms with E-state index >= 15 is 0 Å². The molecule has 0 aliphatic heterocycles. The molecular formula is C18H22N6O4S. The van der Waals surface area contributed by atoms with Crippen LogP contribution in [0.5, 0.6) is 0 Å². The van der Waals surface area contributed by atoms with Gasteiger partial charge in [0.1, 0.15) is 5.69 Å². The highest BCUT2D eigenvalue weighted by atomic mass is 32.2. The molecule has 0 fully saturated rings. The van der Waals surface area contributed by atoms with E-state index in [-0.39, 0.29) is 29.4 Å². The minimum absolute atomic E-state index is 0.112. The lowest BCUT2D eigenvalue weighted by atomic mass is 10.2. The number of anilines is 1. The minimum Gasteiger partial charge on any atom is -0.370 e. The van der Waals surface area contributed by atoms with Gasteiger partial charge in [-0.25, -0.2) is 8.42 Å². The highest BCUT2D eigenvalue weighted by molar-refractivity contribution is 7.89. The van der Waals surface area contributed by atoms with Crippen LogP contribution in [0.25, 0.3) is 5.65 Å². The van der Waals surface area contributed by atoms with E-state index in [4.69, 9.17) is 0 Å². The third kappa shape index (κ3) is 3.91. The van der Waals surface area contributed by atoms with Gasteiger partial charge in [-0.15, -0.1) is 10.2 Å². The van der Waals surface area contributed by atoms with Crippen LogP contribution in [-0.2, 0) is 10.0 Å². The normalized spacial score (nSPS) is 13.0. The molecule has 1 aromatic carbocycles. The first-order valence-corrected chi connectivity index (χ1v) is 10.6. The average Bonchev–Trinajstić information content (AvgIpc) is 3.13. The molecule has 1 unspecified atom stereocenters. The zero-order valence-corrected chi connectivity index (χ0v) is 17.1. The number of hydrogen-bond acceptors (Lipinski definition) is 7. The largest absolute Gasteiger partial charge is 0.370 e.